The molecule has 0 aliphatic carbocycles. The second-order valence-electron chi connectivity index (χ2n) is 3.54. The zero-order valence-electron chi connectivity index (χ0n) is 9.29. The third-order valence-electron chi connectivity index (χ3n) is 2.41. The number of carbonyl (C=O) groups is 1. The number of nitrogens with zero attached hydrogens (tertiary/aromatic N) is 3. The number of anilines is 1. The highest BCUT2D eigenvalue weighted by atomic mass is 16.4. The Hall–Kier alpha value is -2.24. The maximum atomic E-state index is 10.9. The van der Waals surface area contributed by atoms with Gasteiger partial charge in [0.15, 0.2) is 5.82 Å². The lowest BCUT2D eigenvalue weighted by molar-refractivity contribution is -0.137. The zero-order chi connectivity index (χ0) is 12.3. The van der Waals surface area contributed by atoms with Crippen LogP contribution in [-0.4, -0.2) is 32.1 Å². The van der Waals surface area contributed by atoms with Gasteiger partial charge in [0.05, 0.1) is 5.52 Å². The fourth-order valence-corrected chi connectivity index (χ4v) is 1.50. The Bertz CT molecular complexity index is 538. The van der Waals surface area contributed by atoms with Crippen molar-refractivity contribution in [2.45, 2.75) is 19.4 Å². The Balaban J connectivity index is 2.38. The molecule has 2 aromatic rings. The molecular formula is C11H12N4O2. The minimum absolute atomic E-state index is 0.449. The number of nitrogens with one attached hydrogen (secondary N) is 1. The second kappa shape index (κ2) is 4.73. The average Bonchev–Trinajstić information content (AvgIpc) is 2.35. The molecule has 0 radical (unpaired) electrons. The molecule has 0 aliphatic heterocycles. The Kier molecular flexibility index (Phi) is 3.13. The second-order valence-corrected chi connectivity index (χ2v) is 3.54. The number of hydrogen-bond acceptors (Lipinski definition) is 5. The number of carboxylic acids is 1. The lowest BCUT2D eigenvalue weighted by Gasteiger charge is -2.13. The maximum absolute atomic E-state index is 10.9. The van der Waals surface area contributed by atoms with Crippen molar-refractivity contribution < 1.29 is 9.90 Å². The summed E-state index contributed by atoms with van der Waals surface area (Å²) >= 11 is 0. The lowest BCUT2D eigenvalue weighted by atomic mass is 10.2. The van der Waals surface area contributed by atoms with Crippen molar-refractivity contribution in [1.29, 1.82) is 0 Å². The molecule has 0 aliphatic rings. The first-order chi connectivity index (χ1) is 8.22. The number of aliphatic carboxylic acids is 1. The molecule has 1 unspecified atom stereocenters. The summed E-state index contributed by atoms with van der Waals surface area (Å²) in [4.78, 5) is 23.2. The van der Waals surface area contributed by atoms with E-state index in [0.717, 1.165) is 0 Å². The Labute approximate surface area is 97.7 Å². The van der Waals surface area contributed by atoms with E-state index in [9.17, 15) is 4.79 Å². The summed E-state index contributed by atoms with van der Waals surface area (Å²) in [6.07, 6.45) is 3.48. The van der Waals surface area contributed by atoms with E-state index in [2.05, 4.69) is 20.3 Å². The predicted octanol–water partition coefficient (Wildman–Crippen LogP) is 1.30. The van der Waals surface area contributed by atoms with E-state index < -0.39 is 12.0 Å². The van der Waals surface area contributed by atoms with E-state index in [1.807, 2.05) is 0 Å². The van der Waals surface area contributed by atoms with Gasteiger partial charge in [0.1, 0.15) is 17.9 Å². The molecule has 0 saturated heterocycles. The van der Waals surface area contributed by atoms with Crippen LogP contribution in [-0.2, 0) is 4.79 Å². The predicted molar refractivity (Wildman–Crippen MR) is 62.7 cm³/mol. The molecule has 2 heterocycles. The van der Waals surface area contributed by atoms with E-state index in [-0.39, 0.29) is 0 Å². The quantitative estimate of drug-likeness (QED) is 0.826. The van der Waals surface area contributed by atoms with E-state index in [1.165, 1.54) is 6.33 Å². The Morgan fingerprint density at radius 3 is 3.00 bits per heavy atom. The molecule has 0 saturated carbocycles. The summed E-state index contributed by atoms with van der Waals surface area (Å²) in [6, 6.07) is 2.90. The number of hydrogen-bond donors (Lipinski definition) is 2. The summed E-state index contributed by atoms with van der Waals surface area (Å²) in [5, 5.41) is 11.8. The van der Waals surface area contributed by atoms with Gasteiger partial charge in [0.25, 0.3) is 0 Å². The summed E-state index contributed by atoms with van der Waals surface area (Å²) in [5.41, 5.74) is 1.26. The molecule has 2 aromatic heterocycles. The number of fused-ring (bicyclic) bond motifs is 1. The highest BCUT2D eigenvalue weighted by Gasteiger charge is 2.16. The smallest absolute Gasteiger partial charge is 0.326 e. The van der Waals surface area contributed by atoms with Gasteiger partial charge in [0, 0.05) is 6.20 Å². The minimum Gasteiger partial charge on any atom is -0.480 e. The van der Waals surface area contributed by atoms with Crippen LogP contribution >= 0.6 is 0 Å². The van der Waals surface area contributed by atoms with E-state index >= 15 is 0 Å². The van der Waals surface area contributed by atoms with Gasteiger partial charge < -0.3 is 10.4 Å². The van der Waals surface area contributed by atoms with E-state index in [1.54, 1.807) is 25.3 Å². The van der Waals surface area contributed by atoms with Crippen molar-refractivity contribution in [3.05, 3.63) is 24.7 Å². The molecule has 1 atom stereocenters. The molecule has 0 spiro atoms. The van der Waals surface area contributed by atoms with Crippen molar-refractivity contribution in [1.82, 2.24) is 15.0 Å². The van der Waals surface area contributed by atoms with Crippen LogP contribution in [0.2, 0.25) is 0 Å². The first-order valence-electron chi connectivity index (χ1n) is 5.27. The first-order valence-corrected chi connectivity index (χ1v) is 5.27. The highest BCUT2D eigenvalue weighted by molar-refractivity contribution is 5.87. The van der Waals surface area contributed by atoms with Crippen LogP contribution < -0.4 is 5.32 Å². The van der Waals surface area contributed by atoms with E-state index in [0.29, 0.717) is 23.3 Å². The number of carboxylic acid groups (broad SMARTS) is 1. The van der Waals surface area contributed by atoms with E-state index in [4.69, 9.17) is 5.11 Å². The summed E-state index contributed by atoms with van der Waals surface area (Å²) in [6.45, 7) is 1.79. The van der Waals surface area contributed by atoms with Crippen molar-refractivity contribution in [3.8, 4) is 0 Å². The minimum atomic E-state index is -0.907. The molecule has 0 aromatic carbocycles. The molecular weight excluding hydrogens is 220 g/mol. The molecule has 0 bridgehead atoms. The van der Waals surface area contributed by atoms with Crippen LogP contribution in [0.1, 0.15) is 13.3 Å². The van der Waals surface area contributed by atoms with Crippen LogP contribution in [0.3, 0.4) is 0 Å². The van der Waals surface area contributed by atoms with Crippen LogP contribution in [0, 0.1) is 0 Å². The van der Waals surface area contributed by atoms with Gasteiger partial charge in [-0.25, -0.2) is 14.8 Å². The van der Waals surface area contributed by atoms with Crippen molar-refractivity contribution in [3.63, 3.8) is 0 Å². The standard InChI is InChI=1S/C11H12N4O2/c1-2-7(11(16)17)15-10-9-8(13-6-14-10)4-3-5-12-9/h3-7H,2H2,1H3,(H,16,17)(H,13,14,15). The number of rotatable bonds is 4. The van der Waals surface area contributed by atoms with Crippen molar-refractivity contribution >= 4 is 22.8 Å². The van der Waals surface area contributed by atoms with Crippen LogP contribution in [0.4, 0.5) is 5.82 Å². The van der Waals surface area contributed by atoms with Gasteiger partial charge >= 0.3 is 5.97 Å². The summed E-state index contributed by atoms with van der Waals surface area (Å²) in [5.74, 6) is -0.458. The molecule has 2 rings (SSSR count). The molecule has 6 heteroatoms. The lowest BCUT2D eigenvalue weighted by Crippen LogP contribution is -2.28. The van der Waals surface area contributed by atoms with Crippen LogP contribution in [0.15, 0.2) is 24.7 Å². The molecule has 0 fully saturated rings. The molecule has 6 nitrogen and oxygen atoms in total. The fraction of sp³-hybridized carbons (Fsp3) is 0.273. The SMILES string of the molecule is CCC(Nc1ncnc2cccnc12)C(=O)O. The largest absolute Gasteiger partial charge is 0.480 e. The summed E-state index contributed by atoms with van der Waals surface area (Å²) in [7, 11) is 0. The van der Waals surface area contributed by atoms with Crippen LogP contribution in [0.5, 0.6) is 0 Å². The molecule has 0 amide bonds. The monoisotopic (exact) mass is 232 g/mol. The Morgan fingerprint density at radius 2 is 2.29 bits per heavy atom. The zero-order valence-corrected chi connectivity index (χ0v) is 9.29. The molecule has 17 heavy (non-hydrogen) atoms. The third kappa shape index (κ3) is 2.30. The van der Waals surface area contributed by atoms with Crippen molar-refractivity contribution in [2.24, 2.45) is 0 Å². The van der Waals surface area contributed by atoms with Gasteiger partial charge in [-0.15, -0.1) is 0 Å². The topological polar surface area (TPSA) is 88.0 Å². The first kappa shape index (κ1) is 11.3. The average molecular weight is 232 g/mol. The fourth-order valence-electron chi connectivity index (χ4n) is 1.50. The van der Waals surface area contributed by atoms with Gasteiger partial charge in [0.2, 0.25) is 0 Å². The van der Waals surface area contributed by atoms with Crippen LogP contribution in [0.25, 0.3) is 11.0 Å². The van der Waals surface area contributed by atoms with Gasteiger partial charge in [-0.1, -0.05) is 6.92 Å². The normalized spacial score (nSPS) is 12.3. The third-order valence-corrected chi connectivity index (χ3v) is 2.41. The van der Waals surface area contributed by atoms with Gasteiger partial charge in [-0.05, 0) is 18.6 Å². The number of pyridine rings is 1. The molecule has 2 N–H and O–H groups in total. The highest BCUT2D eigenvalue weighted by Crippen LogP contribution is 2.16. The maximum Gasteiger partial charge on any atom is 0.326 e. The Morgan fingerprint density at radius 1 is 1.47 bits per heavy atom. The summed E-state index contributed by atoms with van der Waals surface area (Å²) < 4.78 is 0. The van der Waals surface area contributed by atoms with Gasteiger partial charge in [-0.2, -0.15) is 0 Å². The molecule has 88 valence electrons. The van der Waals surface area contributed by atoms with Gasteiger partial charge in [-0.3, -0.25) is 4.98 Å². The van der Waals surface area contributed by atoms with Crippen molar-refractivity contribution in [2.75, 3.05) is 5.32 Å². The number of aromatic nitrogens is 3.